The average Bonchev–Trinajstić information content (AvgIpc) is 3.16. The van der Waals surface area contributed by atoms with Gasteiger partial charge < -0.3 is 15.5 Å². The molecule has 0 aliphatic carbocycles. The number of quaternary nitrogens is 1. The van der Waals surface area contributed by atoms with Crippen molar-refractivity contribution in [2.75, 3.05) is 19.6 Å². The zero-order valence-electron chi connectivity index (χ0n) is 15.1. The number of amides is 2. The SMILES string of the molecule is Cc1ccc(C(=O)NC2CC[NH+](CC(=O)NCc3cccs3)CC2)cc1. The molecule has 0 bridgehead atoms. The molecular formula is C20H26N3O2S+. The minimum atomic E-state index is -0.00728. The largest absolute Gasteiger partial charge is 0.349 e. The zero-order chi connectivity index (χ0) is 18.4. The molecule has 138 valence electrons. The minimum Gasteiger partial charge on any atom is -0.349 e. The van der Waals surface area contributed by atoms with E-state index >= 15 is 0 Å². The molecule has 1 fully saturated rings. The van der Waals surface area contributed by atoms with E-state index in [9.17, 15) is 9.59 Å². The van der Waals surface area contributed by atoms with Gasteiger partial charge in [-0.25, -0.2) is 0 Å². The van der Waals surface area contributed by atoms with Crippen LogP contribution in [-0.4, -0.2) is 37.5 Å². The van der Waals surface area contributed by atoms with Crippen molar-refractivity contribution in [3.8, 4) is 0 Å². The number of carbonyl (C=O) groups excluding carboxylic acids is 2. The van der Waals surface area contributed by atoms with Crippen LogP contribution in [0.4, 0.5) is 0 Å². The first kappa shape index (κ1) is 18.6. The van der Waals surface area contributed by atoms with Crippen molar-refractivity contribution in [2.24, 2.45) is 0 Å². The molecule has 1 aromatic heterocycles. The summed E-state index contributed by atoms with van der Waals surface area (Å²) >= 11 is 1.65. The maximum absolute atomic E-state index is 12.3. The second-order valence-corrected chi connectivity index (χ2v) is 7.93. The van der Waals surface area contributed by atoms with E-state index < -0.39 is 0 Å². The van der Waals surface area contributed by atoms with Crippen molar-refractivity contribution in [1.82, 2.24) is 10.6 Å². The lowest BCUT2D eigenvalue weighted by atomic mass is 10.0. The molecule has 1 aliphatic heterocycles. The molecule has 26 heavy (non-hydrogen) atoms. The fourth-order valence-corrected chi connectivity index (χ4v) is 3.85. The van der Waals surface area contributed by atoms with Crippen LogP contribution in [0.1, 0.15) is 33.6 Å². The molecule has 0 atom stereocenters. The summed E-state index contributed by atoms with van der Waals surface area (Å²) in [7, 11) is 0. The molecule has 1 aromatic carbocycles. The smallest absolute Gasteiger partial charge is 0.275 e. The Morgan fingerprint density at radius 3 is 2.54 bits per heavy atom. The highest BCUT2D eigenvalue weighted by Gasteiger charge is 2.25. The number of nitrogens with one attached hydrogen (secondary N) is 3. The van der Waals surface area contributed by atoms with Crippen molar-refractivity contribution in [1.29, 1.82) is 0 Å². The van der Waals surface area contributed by atoms with Gasteiger partial charge in [-0.15, -0.1) is 11.3 Å². The molecule has 3 rings (SSSR count). The average molecular weight is 373 g/mol. The summed E-state index contributed by atoms with van der Waals surface area (Å²) in [6, 6.07) is 11.9. The zero-order valence-corrected chi connectivity index (χ0v) is 15.9. The Morgan fingerprint density at radius 1 is 1.15 bits per heavy atom. The number of hydrogen-bond donors (Lipinski definition) is 3. The fraction of sp³-hybridized carbons (Fsp3) is 0.400. The van der Waals surface area contributed by atoms with Crippen LogP contribution in [0, 0.1) is 6.92 Å². The summed E-state index contributed by atoms with van der Waals surface area (Å²) in [5, 5.41) is 8.12. The quantitative estimate of drug-likeness (QED) is 0.712. The number of piperidine rings is 1. The lowest BCUT2D eigenvalue weighted by Gasteiger charge is -2.29. The number of aryl methyl sites for hydroxylation is 1. The Bertz CT molecular complexity index is 720. The summed E-state index contributed by atoms with van der Waals surface area (Å²) in [6.45, 7) is 4.94. The third kappa shape index (κ3) is 5.41. The summed E-state index contributed by atoms with van der Waals surface area (Å²) < 4.78 is 0. The minimum absolute atomic E-state index is 0.00728. The molecule has 1 saturated heterocycles. The van der Waals surface area contributed by atoms with E-state index in [2.05, 4.69) is 10.6 Å². The molecule has 0 unspecified atom stereocenters. The lowest BCUT2D eigenvalue weighted by molar-refractivity contribution is -0.897. The van der Waals surface area contributed by atoms with E-state index in [1.807, 2.05) is 48.7 Å². The second-order valence-electron chi connectivity index (χ2n) is 6.90. The molecule has 2 aromatic rings. The number of thiophene rings is 1. The molecular weight excluding hydrogens is 346 g/mol. The highest BCUT2D eigenvalue weighted by molar-refractivity contribution is 7.09. The monoisotopic (exact) mass is 372 g/mol. The number of carbonyl (C=O) groups is 2. The van der Waals surface area contributed by atoms with Crippen LogP contribution in [0.15, 0.2) is 41.8 Å². The van der Waals surface area contributed by atoms with Crippen LogP contribution in [-0.2, 0) is 11.3 Å². The maximum Gasteiger partial charge on any atom is 0.275 e. The Morgan fingerprint density at radius 2 is 1.88 bits per heavy atom. The van der Waals surface area contributed by atoms with Crippen LogP contribution >= 0.6 is 11.3 Å². The van der Waals surface area contributed by atoms with Gasteiger partial charge in [0, 0.05) is 29.3 Å². The Balaban J connectivity index is 1.37. The van der Waals surface area contributed by atoms with Gasteiger partial charge in [0.1, 0.15) is 0 Å². The number of rotatable bonds is 6. The summed E-state index contributed by atoms with van der Waals surface area (Å²) in [6.07, 6.45) is 1.82. The molecule has 2 heterocycles. The highest BCUT2D eigenvalue weighted by atomic mass is 32.1. The molecule has 5 nitrogen and oxygen atoms in total. The van der Waals surface area contributed by atoms with E-state index in [1.54, 1.807) is 11.3 Å². The van der Waals surface area contributed by atoms with Gasteiger partial charge in [-0.3, -0.25) is 9.59 Å². The van der Waals surface area contributed by atoms with Crippen molar-refractivity contribution in [3.05, 3.63) is 57.8 Å². The van der Waals surface area contributed by atoms with Gasteiger partial charge in [0.25, 0.3) is 11.8 Å². The van der Waals surface area contributed by atoms with Crippen LogP contribution in [0.2, 0.25) is 0 Å². The number of hydrogen-bond acceptors (Lipinski definition) is 3. The predicted octanol–water partition coefficient (Wildman–Crippen LogP) is 1.15. The molecule has 6 heteroatoms. The first-order valence-electron chi connectivity index (χ1n) is 9.10. The van der Waals surface area contributed by atoms with E-state index in [1.165, 1.54) is 9.78 Å². The van der Waals surface area contributed by atoms with Gasteiger partial charge in [0.05, 0.1) is 19.6 Å². The van der Waals surface area contributed by atoms with E-state index in [0.29, 0.717) is 18.7 Å². The third-order valence-electron chi connectivity index (χ3n) is 4.79. The number of likely N-dealkylation sites (tertiary alicyclic amines) is 1. The van der Waals surface area contributed by atoms with Crippen LogP contribution < -0.4 is 15.5 Å². The van der Waals surface area contributed by atoms with Crippen molar-refractivity contribution in [3.63, 3.8) is 0 Å². The molecule has 3 N–H and O–H groups in total. The van der Waals surface area contributed by atoms with Crippen LogP contribution in [0.25, 0.3) is 0 Å². The van der Waals surface area contributed by atoms with Gasteiger partial charge in [0.15, 0.2) is 6.54 Å². The Labute approximate surface area is 158 Å². The molecule has 2 amide bonds. The van der Waals surface area contributed by atoms with E-state index in [0.717, 1.165) is 31.5 Å². The normalized spacial score (nSPS) is 19.7. The van der Waals surface area contributed by atoms with Crippen LogP contribution in [0.5, 0.6) is 0 Å². The Hall–Kier alpha value is -2.18. The topological polar surface area (TPSA) is 62.6 Å². The van der Waals surface area contributed by atoms with E-state index in [4.69, 9.17) is 0 Å². The third-order valence-corrected chi connectivity index (χ3v) is 5.67. The fourth-order valence-electron chi connectivity index (χ4n) is 3.21. The van der Waals surface area contributed by atoms with Crippen molar-refractivity contribution in [2.45, 2.75) is 32.4 Å². The summed E-state index contributed by atoms with van der Waals surface area (Å²) in [5.41, 5.74) is 1.86. The molecule has 0 saturated carbocycles. The maximum atomic E-state index is 12.3. The van der Waals surface area contributed by atoms with Gasteiger partial charge in [-0.1, -0.05) is 23.8 Å². The molecule has 0 spiro atoms. The van der Waals surface area contributed by atoms with Crippen molar-refractivity contribution >= 4 is 23.2 Å². The second kappa shape index (κ2) is 8.96. The summed E-state index contributed by atoms with van der Waals surface area (Å²) in [4.78, 5) is 26.8. The van der Waals surface area contributed by atoms with Gasteiger partial charge >= 0.3 is 0 Å². The highest BCUT2D eigenvalue weighted by Crippen LogP contribution is 2.07. The first-order valence-corrected chi connectivity index (χ1v) is 9.98. The standard InChI is InChI=1S/C20H25N3O2S/c1-15-4-6-16(7-5-15)20(25)22-17-8-10-23(11-9-17)14-19(24)21-13-18-3-2-12-26-18/h2-7,12,17H,8-11,13-14H2,1H3,(H,21,24)(H,22,25)/p+1. The lowest BCUT2D eigenvalue weighted by Crippen LogP contribution is -3.14. The predicted molar refractivity (Wildman–Crippen MR) is 103 cm³/mol. The first-order chi connectivity index (χ1) is 12.6. The van der Waals surface area contributed by atoms with Gasteiger partial charge in [0.2, 0.25) is 0 Å². The molecule has 0 radical (unpaired) electrons. The van der Waals surface area contributed by atoms with E-state index in [-0.39, 0.29) is 17.9 Å². The van der Waals surface area contributed by atoms with Gasteiger partial charge in [-0.2, -0.15) is 0 Å². The number of benzene rings is 1. The van der Waals surface area contributed by atoms with Gasteiger partial charge in [-0.05, 0) is 30.5 Å². The Kier molecular flexibility index (Phi) is 6.41. The summed E-state index contributed by atoms with van der Waals surface area (Å²) in [5.74, 6) is 0.0858. The van der Waals surface area contributed by atoms with Crippen LogP contribution in [0.3, 0.4) is 0 Å². The van der Waals surface area contributed by atoms with Crippen molar-refractivity contribution < 1.29 is 14.5 Å². The molecule has 1 aliphatic rings.